The monoisotopic (exact) mass is 356 g/mol. The molecule has 1 atom stereocenters. The van der Waals surface area contributed by atoms with Crippen LogP contribution >= 0.6 is 0 Å². The molecule has 0 saturated carbocycles. The number of halogens is 2. The van der Waals surface area contributed by atoms with Crippen molar-refractivity contribution in [2.24, 2.45) is 0 Å². The second kappa shape index (κ2) is 6.62. The molecule has 4 rings (SSSR count). The first-order chi connectivity index (χ1) is 12.6. The molecular formula is C18H14F2N4O2. The summed E-state index contributed by atoms with van der Waals surface area (Å²) in [6.45, 7) is 0.405. The molecule has 0 radical (unpaired) electrons. The molecule has 8 heteroatoms. The number of benzene rings is 1. The van der Waals surface area contributed by atoms with E-state index in [-0.39, 0.29) is 30.4 Å². The van der Waals surface area contributed by atoms with E-state index in [0.717, 1.165) is 6.07 Å². The number of hydrogen-bond donors (Lipinski definition) is 0. The van der Waals surface area contributed by atoms with E-state index in [1.165, 1.54) is 17.0 Å². The van der Waals surface area contributed by atoms with E-state index in [0.29, 0.717) is 24.0 Å². The average Bonchev–Trinajstić information content (AvgIpc) is 3.25. The molecule has 6 nitrogen and oxygen atoms in total. The minimum absolute atomic E-state index is 0.0721. The Labute approximate surface area is 147 Å². The number of aromatic nitrogens is 3. The fraction of sp³-hybridized carbons (Fsp3) is 0.222. The highest BCUT2D eigenvalue weighted by Gasteiger charge is 2.34. The third kappa shape index (κ3) is 3.17. The van der Waals surface area contributed by atoms with Crippen molar-refractivity contribution in [3.05, 3.63) is 65.7 Å². The largest absolute Gasteiger partial charge is 0.339 e. The van der Waals surface area contributed by atoms with Gasteiger partial charge in [0.25, 0.3) is 0 Å². The SMILES string of the molecule is O=C1CC(c2nc(-c3ccccn3)no2)CN1Cc1ccc(F)cc1F. The second-order valence-electron chi connectivity index (χ2n) is 6.08. The predicted octanol–water partition coefficient (Wildman–Crippen LogP) is 2.93. The summed E-state index contributed by atoms with van der Waals surface area (Å²) in [6, 6.07) is 8.69. The van der Waals surface area contributed by atoms with Crippen LogP contribution in [0.5, 0.6) is 0 Å². The number of hydrogen-bond acceptors (Lipinski definition) is 5. The van der Waals surface area contributed by atoms with Gasteiger partial charge in [0.2, 0.25) is 17.6 Å². The topological polar surface area (TPSA) is 72.1 Å². The van der Waals surface area contributed by atoms with Crippen LogP contribution in [0.4, 0.5) is 8.78 Å². The standard InChI is InChI=1S/C18H14F2N4O2/c19-13-5-4-11(14(20)8-13)9-24-10-12(7-16(24)25)18-22-17(23-26-18)15-3-1-2-6-21-15/h1-6,8,12H,7,9-10H2. The Bertz CT molecular complexity index is 945. The number of pyridine rings is 1. The molecule has 3 heterocycles. The zero-order chi connectivity index (χ0) is 18.1. The van der Waals surface area contributed by atoms with Crippen LogP contribution in [0.25, 0.3) is 11.5 Å². The molecule has 1 saturated heterocycles. The Morgan fingerprint density at radius 1 is 1.23 bits per heavy atom. The molecule has 3 aromatic rings. The summed E-state index contributed by atoms with van der Waals surface area (Å²) in [7, 11) is 0. The van der Waals surface area contributed by atoms with Crippen LogP contribution in [0.1, 0.15) is 23.8 Å². The molecule has 132 valence electrons. The van der Waals surface area contributed by atoms with Gasteiger partial charge in [0.05, 0.1) is 5.92 Å². The Kier molecular flexibility index (Phi) is 4.16. The smallest absolute Gasteiger partial charge is 0.232 e. The van der Waals surface area contributed by atoms with Gasteiger partial charge in [0.15, 0.2) is 0 Å². The molecule has 1 amide bonds. The first-order valence-electron chi connectivity index (χ1n) is 8.07. The summed E-state index contributed by atoms with van der Waals surface area (Å²) in [5.41, 5.74) is 0.845. The van der Waals surface area contributed by atoms with Crippen molar-refractivity contribution < 1.29 is 18.1 Å². The maximum Gasteiger partial charge on any atom is 0.232 e. The summed E-state index contributed by atoms with van der Waals surface area (Å²) in [5.74, 6) is -1.02. The fourth-order valence-electron chi connectivity index (χ4n) is 2.95. The molecule has 1 unspecified atom stereocenters. The van der Waals surface area contributed by atoms with E-state index in [9.17, 15) is 13.6 Å². The zero-order valence-electron chi connectivity index (χ0n) is 13.6. The molecule has 2 aromatic heterocycles. The normalized spacial score (nSPS) is 17.1. The third-order valence-corrected chi connectivity index (χ3v) is 4.28. The molecule has 1 aliphatic rings. The van der Waals surface area contributed by atoms with Crippen LogP contribution in [-0.4, -0.2) is 32.5 Å². The lowest BCUT2D eigenvalue weighted by molar-refractivity contribution is -0.128. The molecule has 0 bridgehead atoms. The van der Waals surface area contributed by atoms with Gasteiger partial charge in [-0.25, -0.2) is 8.78 Å². The number of carbonyl (C=O) groups excluding carboxylic acids is 1. The van der Waals surface area contributed by atoms with Gasteiger partial charge in [-0.15, -0.1) is 0 Å². The quantitative estimate of drug-likeness (QED) is 0.719. The summed E-state index contributed by atoms with van der Waals surface area (Å²) in [6.07, 6.45) is 1.83. The Hall–Kier alpha value is -3.16. The summed E-state index contributed by atoms with van der Waals surface area (Å²) in [5, 5.41) is 3.91. The van der Waals surface area contributed by atoms with Gasteiger partial charge < -0.3 is 9.42 Å². The van der Waals surface area contributed by atoms with Gasteiger partial charge in [0.1, 0.15) is 17.3 Å². The first-order valence-corrected chi connectivity index (χ1v) is 8.07. The van der Waals surface area contributed by atoms with E-state index < -0.39 is 11.6 Å². The number of amides is 1. The minimum atomic E-state index is -0.670. The summed E-state index contributed by atoms with van der Waals surface area (Å²) >= 11 is 0. The first kappa shape index (κ1) is 16.3. The van der Waals surface area contributed by atoms with Crippen molar-refractivity contribution in [1.29, 1.82) is 0 Å². The Balaban J connectivity index is 1.49. The van der Waals surface area contributed by atoms with Gasteiger partial charge >= 0.3 is 0 Å². The van der Waals surface area contributed by atoms with Crippen molar-refractivity contribution in [2.75, 3.05) is 6.54 Å². The lowest BCUT2D eigenvalue weighted by Gasteiger charge is -2.16. The fourth-order valence-corrected chi connectivity index (χ4v) is 2.95. The highest BCUT2D eigenvalue weighted by molar-refractivity contribution is 5.79. The third-order valence-electron chi connectivity index (χ3n) is 4.28. The molecular weight excluding hydrogens is 342 g/mol. The van der Waals surface area contributed by atoms with Gasteiger partial charge in [-0.05, 0) is 18.2 Å². The van der Waals surface area contributed by atoms with Crippen molar-refractivity contribution >= 4 is 5.91 Å². The Morgan fingerprint density at radius 2 is 2.12 bits per heavy atom. The zero-order valence-corrected chi connectivity index (χ0v) is 13.6. The van der Waals surface area contributed by atoms with Gasteiger partial charge in [0, 0.05) is 37.3 Å². The second-order valence-corrected chi connectivity index (χ2v) is 6.08. The number of carbonyl (C=O) groups is 1. The van der Waals surface area contributed by atoms with Gasteiger partial charge in [-0.1, -0.05) is 17.3 Å². The molecule has 0 aliphatic carbocycles. The van der Waals surface area contributed by atoms with Crippen LogP contribution in [0.2, 0.25) is 0 Å². The van der Waals surface area contributed by atoms with Crippen LogP contribution in [0.15, 0.2) is 47.1 Å². The van der Waals surface area contributed by atoms with Gasteiger partial charge in [-0.3, -0.25) is 9.78 Å². The van der Waals surface area contributed by atoms with Crippen LogP contribution in [-0.2, 0) is 11.3 Å². The minimum Gasteiger partial charge on any atom is -0.339 e. The predicted molar refractivity (Wildman–Crippen MR) is 86.7 cm³/mol. The van der Waals surface area contributed by atoms with Crippen LogP contribution < -0.4 is 0 Å². The summed E-state index contributed by atoms with van der Waals surface area (Å²) < 4.78 is 32.1. The van der Waals surface area contributed by atoms with Crippen LogP contribution in [0, 0.1) is 11.6 Å². The maximum absolute atomic E-state index is 13.8. The van der Waals surface area contributed by atoms with Crippen LogP contribution in [0.3, 0.4) is 0 Å². The van der Waals surface area contributed by atoms with E-state index in [1.54, 1.807) is 18.3 Å². The molecule has 0 spiro atoms. The lowest BCUT2D eigenvalue weighted by Crippen LogP contribution is -2.25. The van der Waals surface area contributed by atoms with Crippen molar-refractivity contribution in [1.82, 2.24) is 20.0 Å². The van der Waals surface area contributed by atoms with Crippen molar-refractivity contribution in [3.63, 3.8) is 0 Å². The average molecular weight is 356 g/mol. The van der Waals surface area contributed by atoms with E-state index >= 15 is 0 Å². The molecule has 1 fully saturated rings. The number of nitrogens with zero attached hydrogens (tertiary/aromatic N) is 4. The summed E-state index contributed by atoms with van der Waals surface area (Å²) in [4.78, 5) is 22.2. The van der Waals surface area contributed by atoms with E-state index in [1.807, 2.05) is 6.07 Å². The highest BCUT2D eigenvalue weighted by Crippen LogP contribution is 2.29. The van der Waals surface area contributed by atoms with Crippen molar-refractivity contribution in [3.8, 4) is 11.5 Å². The molecule has 1 aromatic carbocycles. The highest BCUT2D eigenvalue weighted by atomic mass is 19.1. The van der Waals surface area contributed by atoms with Gasteiger partial charge in [-0.2, -0.15) is 4.98 Å². The number of likely N-dealkylation sites (tertiary alicyclic amines) is 1. The maximum atomic E-state index is 13.8. The van der Waals surface area contributed by atoms with Crippen molar-refractivity contribution in [2.45, 2.75) is 18.9 Å². The van der Waals surface area contributed by atoms with E-state index in [4.69, 9.17) is 4.52 Å². The molecule has 1 aliphatic heterocycles. The van der Waals surface area contributed by atoms with E-state index in [2.05, 4.69) is 15.1 Å². The molecule has 0 N–H and O–H groups in total. The molecule has 26 heavy (non-hydrogen) atoms. The Morgan fingerprint density at radius 3 is 2.88 bits per heavy atom. The number of rotatable bonds is 4. The lowest BCUT2D eigenvalue weighted by atomic mass is 10.1.